The van der Waals surface area contributed by atoms with Gasteiger partial charge in [0.25, 0.3) is 5.69 Å². The molecule has 6 rings (SSSR count). The molecule has 1 unspecified atom stereocenters. The molecular weight excluding hydrogens is 368 g/mol. The second-order valence-corrected chi connectivity index (χ2v) is 8.67. The minimum atomic E-state index is -0.362. The average Bonchev–Trinajstić information content (AvgIpc) is 3.04. The maximum Gasteiger partial charge on any atom is 0.270 e. The quantitative estimate of drug-likeness (QED) is 0.431. The van der Waals surface area contributed by atoms with E-state index >= 15 is 0 Å². The van der Waals surface area contributed by atoms with Crippen molar-refractivity contribution in [1.29, 1.82) is 0 Å². The second-order valence-electron chi connectivity index (χ2n) is 8.67. The third-order valence-corrected chi connectivity index (χ3v) is 5.97. The van der Waals surface area contributed by atoms with Gasteiger partial charge in [0.05, 0.1) is 27.7 Å². The number of fused-ring (bicyclic) bond motifs is 6. The van der Waals surface area contributed by atoms with Crippen molar-refractivity contribution in [2.45, 2.75) is 32.7 Å². The third kappa shape index (κ3) is 2.24. The number of hydrogen-bond acceptors (Lipinski definition) is 5. The molecule has 0 spiro atoms. The van der Waals surface area contributed by atoms with E-state index in [0.29, 0.717) is 11.7 Å². The molecular formula is C22H18N4O3. The SMILES string of the molecule is CC1(C)CC2=Nc3nc4ccccc4n3C3C2=C(C1)Oc1ccc([N+](=O)[O-])cc13. The van der Waals surface area contributed by atoms with Crippen molar-refractivity contribution in [3.05, 3.63) is 69.5 Å². The number of allylic oxidation sites excluding steroid dienone is 2. The summed E-state index contributed by atoms with van der Waals surface area (Å²) in [5.74, 6) is 2.23. The summed E-state index contributed by atoms with van der Waals surface area (Å²) in [6.45, 7) is 4.42. The van der Waals surface area contributed by atoms with Gasteiger partial charge in [-0.2, -0.15) is 0 Å². The van der Waals surface area contributed by atoms with E-state index in [1.54, 1.807) is 12.1 Å². The lowest BCUT2D eigenvalue weighted by molar-refractivity contribution is -0.385. The van der Waals surface area contributed by atoms with Crippen LogP contribution >= 0.6 is 0 Å². The van der Waals surface area contributed by atoms with Crippen LogP contribution in [0, 0.1) is 15.5 Å². The van der Waals surface area contributed by atoms with Crippen LogP contribution in [0.15, 0.2) is 58.8 Å². The Hall–Kier alpha value is -3.48. The molecule has 3 heterocycles. The van der Waals surface area contributed by atoms with Crippen molar-refractivity contribution in [1.82, 2.24) is 9.55 Å². The Kier molecular flexibility index (Phi) is 3.02. The van der Waals surface area contributed by atoms with Gasteiger partial charge in [-0.3, -0.25) is 14.7 Å². The average molecular weight is 386 g/mol. The molecule has 29 heavy (non-hydrogen) atoms. The minimum Gasteiger partial charge on any atom is -0.461 e. The zero-order valence-corrected chi connectivity index (χ0v) is 16.0. The van der Waals surface area contributed by atoms with E-state index in [0.717, 1.165) is 46.5 Å². The van der Waals surface area contributed by atoms with E-state index in [9.17, 15) is 10.1 Å². The summed E-state index contributed by atoms with van der Waals surface area (Å²) in [6, 6.07) is 12.5. The van der Waals surface area contributed by atoms with Crippen LogP contribution in [0.1, 0.15) is 38.3 Å². The number of imidazole rings is 1. The van der Waals surface area contributed by atoms with Crippen molar-refractivity contribution in [3.63, 3.8) is 0 Å². The van der Waals surface area contributed by atoms with Gasteiger partial charge in [-0.1, -0.05) is 26.0 Å². The highest BCUT2D eigenvalue weighted by Crippen LogP contribution is 2.53. The minimum absolute atomic E-state index is 0.0225. The molecule has 0 radical (unpaired) electrons. The topological polar surface area (TPSA) is 82.5 Å². The molecule has 2 aliphatic heterocycles. The number of nitro benzene ring substituents is 1. The summed E-state index contributed by atoms with van der Waals surface area (Å²) < 4.78 is 8.38. The highest BCUT2D eigenvalue weighted by molar-refractivity contribution is 6.06. The molecule has 1 atom stereocenters. The van der Waals surface area contributed by atoms with Gasteiger partial charge >= 0.3 is 0 Å². The van der Waals surface area contributed by atoms with E-state index in [2.05, 4.69) is 18.4 Å². The molecule has 1 aromatic heterocycles. The number of aromatic nitrogens is 2. The number of rotatable bonds is 1. The first kappa shape index (κ1) is 16.5. The number of hydrogen-bond donors (Lipinski definition) is 0. The summed E-state index contributed by atoms with van der Waals surface area (Å²) in [5.41, 5.74) is 4.71. The first-order valence-electron chi connectivity index (χ1n) is 9.65. The molecule has 7 nitrogen and oxygen atoms in total. The van der Waals surface area contributed by atoms with Crippen molar-refractivity contribution >= 4 is 28.4 Å². The van der Waals surface area contributed by atoms with Gasteiger partial charge in [-0.05, 0) is 30.0 Å². The lowest BCUT2D eigenvalue weighted by Crippen LogP contribution is -2.36. The van der Waals surface area contributed by atoms with E-state index in [1.807, 2.05) is 24.3 Å². The summed E-state index contributed by atoms with van der Waals surface area (Å²) in [5, 5.41) is 11.4. The van der Waals surface area contributed by atoms with Gasteiger partial charge < -0.3 is 4.74 Å². The lowest BCUT2D eigenvalue weighted by atomic mass is 9.72. The number of benzene rings is 2. The Balaban J connectivity index is 1.70. The monoisotopic (exact) mass is 386 g/mol. The number of ether oxygens (including phenoxy) is 1. The van der Waals surface area contributed by atoms with Gasteiger partial charge in [0.15, 0.2) is 0 Å². The predicted octanol–water partition coefficient (Wildman–Crippen LogP) is 5.09. The van der Waals surface area contributed by atoms with Gasteiger partial charge in [-0.25, -0.2) is 9.98 Å². The smallest absolute Gasteiger partial charge is 0.270 e. The summed E-state index contributed by atoms with van der Waals surface area (Å²) in [6.07, 6.45) is 1.62. The molecule has 0 amide bonds. The zero-order chi connectivity index (χ0) is 19.9. The van der Waals surface area contributed by atoms with Crippen LogP contribution in [0.25, 0.3) is 11.0 Å². The first-order valence-corrected chi connectivity index (χ1v) is 9.65. The fourth-order valence-electron chi connectivity index (χ4n) is 4.80. The molecule has 0 saturated heterocycles. The molecule has 3 aliphatic rings. The van der Waals surface area contributed by atoms with Crippen LogP contribution in [0.2, 0.25) is 0 Å². The maximum atomic E-state index is 11.4. The lowest BCUT2D eigenvalue weighted by Gasteiger charge is -2.42. The Morgan fingerprint density at radius 3 is 2.86 bits per heavy atom. The summed E-state index contributed by atoms with van der Waals surface area (Å²) in [4.78, 5) is 20.7. The number of nitro groups is 1. The normalized spacial score (nSPS) is 21.0. The van der Waals surface area contributed by atoms with E-state index in [1.165, 1.54) is 6.07 Å². The van der Waals surface area contributed by atoms with E-state index in [4.69, 9.17) is 14.7 Å². The van der Waals surface area contributed by atoms with E-state index in [-0.39, 0.29) is 22.1 Å². The fourth-order valence-corrected chi connectivity index (χ4v) is 4.80. The zero-order valence-electron chi connectivity index (χ0n) is 16.0. The maximum absolute atomic E-state index is 11.4. The largest absolute Gasteiger partial charge is 0.461 e. The van der Waals surface area contributed by atoms with Gasteiger partial charge in [0.2, 0.25) is 5.95 Å². The Bertz CT molecular complexity index is 1300. The highest BCUT2D eigenvalue weighted by atomic mass is 16.6. The number of para-hydroxylation sites is 2. The third-order valence-electron chi connectivity index (χ3n) is 5.97. The predicted molar refractivity (Wildman–Crippen MR) is 109 cm³/mol. The Morgan fingerprint density at radius 2 is 2.03 bits per heavy atom. The molecule has 0 N–H and O–H groups in total. The van der Waals surface area contributed by atoms with Crippen LogP contribution in [-0.4, -0.2) is 20.2 Å². The van der Waals surface area contributed by atoms with Crippen LogP contribution < -0.4 is 4.74 Å². The molecule has 3 aromatic rings. The van der Waals surface area contributed by atoms with E-state index < -0.39 is 0 Å². The van der Waals surface area contributed by atoms with Crippen LogP contribution in [0.3, 0.4) is 0 Å². The molecule has 0 fully saturated rings. The number of nitrogens with zero attached hydrogens (tertiary/aromatic N) is 4. The van der Waals surface area contributed by atoms with Crippen molar-refractivity contribution < 1.29 is 9.66 Å². The second kappa shape index (κ2) is 5.31. The number of non-ortho nitro benzene ring substituents is 1. The molecule has 144 valence electrons. The fraction of sp³-hybridized carbons (Fsp3) is 0.273. The standard InChI is InChI=1S/C22H18N4O3/c1-22(2)10-15-19-18(11-22)29-17-8-7-12(26(27)28)9-13(17)20(19)25-16-6-4-3-5-14(16)23-21(25)24-15/h3-9,20H,10-11H2,1-2H3. The van der Waals surface area contributed by atoms with Gasteiger partial charge in [0, 0.05) is 29.7 Å². The summed E-state index contributed by atoms with van der Waals surface area (Å²) >= 11 is 0. The van der Waals surface area contributed by atoms with Crippen molar-refractivity contribution in [2.24, 2.45) is 10.4 Å². The van der Waals surface area contributed by atoms with Crippen LogP contribution in [0.5, 0.6) is 5.75 Å². The molecule has 1 aliphatic carbocycles. The summed E-state index contributed by atoms with van der Waals surface area (Å²) in [7, 11) is 0. The number of aliphatic imine (C=N–C) groups is 1. The molecule has 2 aromatic carbocycles. The molecule has 0 bridgehead atoms. The van der Waals surface area contributed by atoms with Gasteiger partial charge in [0.1, 0.15) is 11.5 Å². The van der Waals surface area contributed by atoms with Crippen molar-refractivity contribution in [2.75, 3.05) is 0 Å². The Labute approximate surface area is 166 Å². The van der Waals surface area contributed by atoms with Crippen LogP contribution in [-0.2, 0) is 0 Å². The Morgan fingerprint density at radius 1 is 1.21 bits per heavy atom. The first-order chi connectivity index (χ1) is 13.9. The van der Waals surface area contributed by atoms with Gasteiger partial charge in [-0.15, -0.1) is 0 Å². The highest BCUT2D eigenvalue weighted by Gasteiger charge is 2.44. The molecule has 7 heteroatoms. The van der Waals surface area contributed by atoms with Crippen molar-refractivity contribution in [3.8, 4) is 5.75 Å². The molecule has 0 saturated carbocycles. The van der Waals surface area contributed by atoms with Crippen LogP contribution in [0.4, 0.5) is 11.6 Å².